The van der Waals surface area contributed by atoms with E-state index in [9.17, 15) is 5.11 Å². The molecule has 1 aliphatic rings. The number of hydrogen-bond donors (Lipinski definition) is 1. The molecule has 1 unspecified atom stereocenters. The van der Waals surface area contributed by atoms with Crippen molar-refractivity contribution >= 4 is 5.82 Å². The minimum atomic E-state index is 0.155. The van der Waals surface area contributed by atoms with Crippen LogP contribution >= 0.6 is 0 Å². The van der Waals surface area contributed by atoms with Crippen molar-refractivity contribution in [1.82, 2.24) is 14.9 Å². The van der Waals surface area contributed by atoms with Crippen LogP contribution in [0.1, 0.15) is 23.5 Å². The molecule has 0 aliphatic carbocycles. The molecule has 1 N–H and O–H groups in total. The fourth-order valence-corrected chi connectivity index (χ4v) is 3.29. The Morgan fingerprint density at radius 3 is 2.80 bits per heavy atom. The summed E-state index contributed by atoms with van der Waals surface area (Å²) < 4.78 is 0. The molecule has 0 radical (unpaired) electrons. The number of nitriles is 1. The minimum Gasteiger partial charge on any atom is -0.396 e. The van der Waals surface area contributed by atoms with E-state index >= 15 is 0 Å². The van der Waals surface area contributed by atoms with Gasteiger partial charge in [0, 0.05) is 44.5 Å². The lowest BCUT2D eigenvalue weighted by atomic mass is 10.1. The summed E-state index contributed by atoms with van der Waals surface area (Å²) in [5.41, 5.74) is 2.51. The van der Waals surface area contributed by atoms with Gasteiger partial charge in [-0.1, -0.05) is 12.1 Å². The summed E-state index contributed by atoms with van der Waals surface area (Å²) in [6.45, 7) is 5.44. The molecule has 130 valence electrons. The average Bonchev–Trinajstić information content (AvgIpc) is 2.63. The van der Waals surface area contributed by atoms with Gasteiger partial charge in [0.1, 0.15) is 17.6 Å². The molecule has 2 aromatic heterocycles. The molecule has 0 amide bonds. The van der Waals surface area contributed by atoms with Crippen LogP contribution < -0.4 is 4.90 Å². The number of aliphatic hydroxyl groups is 1. The quantitative estimate of drug-likeness (QED) is 0.895. The molecule has 0 aromatic carbocycles. The number of pyridine rings is 2. The third kappa shape index (κ3) is 4.32. The Morgan fingerprint density at radius 1 is 1.20 bits per heavy atom. The summed E-state index contributed by atoms with van der Waals surface area (Å²) in [4.78, 5) is 13.6. The summed E-state index contributed by atoms with van der Waals surface area (Å²) in [6.07, 6.45) is 0.709. The van der Waals surface area contributed by atoms with Gasteiger partial charge >= 0.3 is 0 Å². The lowest BCUT2D eigenvalue weighted by Gasteiger charge is -2.41. The van der Waals surface area contributed by atoms with Crippen molar-refractivity contribution in [3.63, 3.8) is 0 Å². The molecule has 3 rings (SSSR count). The van der Waals surface area contributed by atoms with E-state index in [-0.39, 0.29) is 12.6 Å². The van der Waals surface area contributed by atoms with Crippen molar-refractivity contribution in [2.24, 2.45) is 0 Å². The molecule has 1 atom stereocenters. The smallest absolute Gasteiger partial charge is 0.142 e. The van der Waals surface area contributed by atoms with Gasteiger partial charge in [-0.15, -0.1) is 0 Å². The highest BCUT2D eigenvalue weighted by Crippen LogP contribution is 2.20. The maximum absolute atomic E-state index is 9.47. The second-order valence-corrected chi connectivity index (χ2v) is 6.35. The molecular formula is C19H23N5O. The van der Waals surface area contributed by atoms with Gasteiger partial charge in [0.05, 0.1) is 5.69 Å². The molecule has 3 heterocycles. The SMILES string of the molecule is Cc1cccc(CN2CCN(c3cccc(C#N)n3)CC2CCO)n1. The van der Waals surface area contributed by atoms with Gasteiger partial charge in [0.15, 0.2) is 0 Å². The number of nitrogens with zero attached hydrogens (tertiary/aromatic N) is 5. The zero-order valence-corrected chi connectivity index (χ0v) is 14.5. The molecule has 0 bridgehead atoms. The van der Waals surface area contributed by atoms with Crippen LogP contribution in [0, 0.1) is 18.3 Å². The molecule has 6 heteroatoms. The number of piperazine rings is 1. The van der Waals surface area contributed by atoms with E-state index in [0.717, 1.165) is 43.4 Å². The van der Waals surface area contributed by atoms with Crippen LogP contribution in [0.2, 0.25) is 0 Å². The monoisotopic (exact) mass is 337 g/mol. The molecule has 2 aromatic rings. The third-order valence-electron chi connectivity index (χ3n) is 4.55. The second kappa shape index (κ2) is 8.06. The molecule has 25 heavy (non-hydrogen) atoms. The van der Waals surface area contributed by atoms with E-state index in [2.05, 4.69) is 25.8 Å². The van der Waals surface area contributed by atoms with Crippen LogP contribution in [0.4, 0.5) is 5.82 Å². The van der Waals surface area contributed by atoms with E-state index in [1.165, 1.54) is 0 Å². The fraction of sp³-hybridized carbons (Fsp3) is 0.421. The van der Waals surface area contributed by atoms with Crippen LogP contribution in [-0.2, 0) is 6.54 Å². The Labute approximate surface area is 148 Å². The Balaban J connectivity index is 1.72. The number of aromatic nitrogens is 2. The lowest BCUT2D eigenvalue weighted by molar-refractivity contribution is 0.134. The van der Waals surface area contributed by atoms with E-state index in [4.69, 9.17) is 5.26 Å². The largest absolute Gasteiger partial charge is 0.396 e. The standard InChI is InChI=1S/C19H23N5O/c1-15-4-2-6-17(21-15)13-23-9-10-24(14-18(23)8-11-25)19-7-3-5-16(12-20)22-19/h2-7,18,25H,8-11,13-14H2,1H3. The zero-order chi connectivity index (χ0) is 17.6. The number of aliphatic hydroxyl groups excluding tert-OH is 1. The van der Waals surface area contributed by atoms with Crippen LogP contribution in [0.5, 0.6) is 0 Å². The highest BCUT2D eigenvalue weighted by molar-refractivity contribution is 5.42. The van der Waals surface area contributed by atoms with E-state index in [0.29, 0.717) is 12.1 Å². The van der Waals surface area contributed by atoms with E-state index in [1.54, 1.807) is 6.07 Å². The molecule has 6 nitrogen and oxygen atoms in total. The summed E-state index contributed by atoms with van der Waals surface area (Å²) in [7, 11) is 0. The minimum absolute atomic E-state index is 0.155. The number of rotatable bonds is 5. The predicted molar refractivity (Wildman–Crippen MR) is 96.0 cm³/mol. The van der Waals surface area contributed by atoms with Gasteiger partial charge in [0.25, 0.3) is 0 Å². The average molecular weight is 337 g/mol. The van der Waals surface area contributed by atoms with Gasteiger partial charge in [0.2, 0.25) is 0 Å². The normalized spacial score (nSPS) is 18.1. The van der Waals surface area contributed by atoms with Crippen molar-refractivity contribution < 1.29 is 5.11 Å². The maximum atomic E-state index is 9.47. The Hall–Kier alpha value is -2.49. The highest BCUT2D eigenvalue weighted by atomic mass is 16.3. The second-order valence-electron chi connectivity index (χ2n) is 6.35. The molecule has 0 saturated carbocycles. The number of aryl methyl sites for hydroxylation is 1. The molecule has 1 saturated heterocycles. The van der Waals surface area contributed by atoms with E-state index in [1.807, 2.05) is 37.3 Å². The summed E-state index contributed by atoms with van der Waals surface area (Å²) >= 11 is 0. The first-order chi connectivity index (χ1) is 12.2. The van der Waals surface area contributed by atoms with Crippen molar-refractivity contribution in [3.05, 3.63) is 53.5 Å². The highest BCUT2D eigenvalue weighted by Gasteiger charge is 2.27. The summed E-state index contributed by atoms with van der Waals surface area (Å²) in [5.74, 6) is 0.829. The predicted octanol–water partition coefficient (Wildman–Crippen LogP) is 1.73. The Kier molecular flexibility index (Phi) is 5.59. The lowest BCUT2D eigenvalue weighted by Crippen LogP contribution is -2.53. The number of hydrogen-bond acceptors (Lipinski definition) is 6. The molecule has 1 fully saturated rings. The van der Waals surface area contributed by atoms with Gasteiger partial charge in [-0.3, -0.25) is 9.88 Å². The molecule has 0 spiro atoms. The third-order valence-corrected chi connectivity index (χ3v) is 4.55. The molecular weight excluding hydrogens is 314 g/mol. The van der Waals surface area contributed by atoms with Gasteiger partial charge in [-0.25, -0.2) is 4.98 Å². The Bertz CT molecular complexity index is 757. The maximum Gasteiger partial charge on any atom is 0.142 e. The van der Waals surface area contributed by atoms with Crippen molar-refractivity contribution in [2.75, 3.05) is 31.1 Å². The van der Waals surface area contributed by atoms with Gasteiger partial charge < -0.3 is 10.0 Å². The first kappa shape index (κ1) is 17.3. The van der Waals surface area contributed by atoms with Crippen molar-refractivity contribution in [3.8, 4) is 6.07 Å². The first-order valence-electron chi connectivity index (χ1n) is 8.59. The molecule has 1 aliphatic heterocycles. The summed E-state index contributed by atoms with van der Waals surface area (Å²) in [5, 5.41) is 18.5. The van der Waals surface area contributed by atoms with Gasteiger partial charge in [-0.2, -0.15) is 5.26 Å². The van der Waals surface area contributed by atoms with E-state index < -0.39 is 0 Å². The van der Waals surface area contributed by atoms with Crippen LogP contribution in [0.3, 0.4) is 0 Å². The fourth-order valence-electron chi connectivity index (χ4n) is 3.29. The van der Waals surface area contributed by atoms with Crippen LogP contribution in [0.15, 0.2) is 36.4 Å². The summed E-state index contributed by atoms with van der Waals surface area (Å²) in [6, 6.07) is 13.9. The Morgan fingerprint density at radius 2 is 2.04 bits per heavy atom. The van der Waals surface area contributed by atoms with Gasteiger partial charge in [-0.05, 0) is 37.6 Å². The van der Waals surface area contributed by atoms with Crippen LogP contribution in [0.25, 0.3) is 0 Å². The van der Waals surface area contributed by atoms with Crippen molar-refractivity contribution in [2.45, 2.75) is 25.9 Å². The number of anilines is 1. The first-order valence-corrected chi connectivity index (χ1v) is 8.59. The van der Waals surface area contributed by atoms with Crippen LogP contribution in [-0.4, -0.2) is 52.3 Å². The topological polar surface area (TPSA) is 76.3 Å². The zero-order valence-electron chi connectivity index (χ0n) is 14.5. The van der Waals surface area contributed by atoms with Crippen molar-refractivity contribution in [1.29, 1.82) is 5.26 Å².